The highest BCUT2D eigenvalue weighted by molar-refractivity contribution is 6.05. The molecule has 0 aliphatic carbocycles. The summed E-state index contributed by atoms with van der Waals surface area (Å²) in [5.41, 5.74) is 0.829. The first-order chi connectivity index (χ1) is 14.2. The summed E-state index contributed by atoms with van der Waals surface area (Å²) in [7, 11) is 2.98. The van der Waals surface area contributed by atoms with Gasteiger partial charge in [-0.1, -0.05) is 12.1 Å². The molecule has 2 aromatic carbocycles. The lowest BCUT2D eigenvalue weighted by Gasteiger charge is -2.17. The third-order valence-corrected chi connectivity index (χ3v) is 4.74. The lowest BCUT2D eigenvalue weighted by molar-refractivity contribution is -0.137. The third-order valence-electron chi connectivity index (χ3n) is 4.74. The maximum Gasteiger partial charge on any atom is 0.418 e. The smallest absolute Gasteiger partial charge is 0.418 e. The van der Waals surface area contributed by atoms with Crippen molar-refractivity contribution >= 4 is 11.6 Å². The molecule has 0 fully saturated rings. The van der Waals surface area contributed by atoms with Crippen LogP contribution >= 0.6 is 0 Å². The number of alkyl halides is 3. The molecule has 8 heteroatoms. The van der Waals surface area contributed by atoms with Crippen molar-refractivity contribution in [3.63, 3.8) is 0 Å². The average Bonchev–Trinajstić information content (AvgIpc) is 3.01. The molecule has 0 spiro atoms. The van der Waals surface area contributed by atoms with Crippen LogP contribution in [0.4, 0.5) is 18.9 Å². The molecule has 1 aromatic heterocycles. The number of aromatic nitrogens is 1. The number of carbonyl (C=O) groups excluding carboxylic acids is 1. The Morgan fingerprint density at radius 1 is 0.967 bits per heavy atom. The fourth-order valence-corrected chi connectivity index (χ4v) is 3.35. The molecule has 158 valence electrons. The zero-order chi connectivity index (χ0) is 22.1. The molecule has 0 saturated carbocycles. The molecule has 0 atom stereocenters. The van der Waals surface area contributed by atoms with E-state index in [1.165, 1.54) is 37.0 Å². The number of nitrogens with zero attached hydrogens (tertiary/aromatic N) is 1. The summed E-state index contributed by atoms with van der Waals surface area (Å²) in [4.78, 5) is 12.9. The lowest BCUT2D eigenvalue weighted by Crippen LogP contribution is -2.15. The predicted molar refractivity (Wildman–Crippen MR) is 108 cm³/mol. The van der Waals surface area contributed by atoms with Crippen LogP contribution < -0.4 is 14.8 Å². The van der Waals surface area contributed by atoms with E-state index < -0.39 is 17.6 Å². The monoisotopic (exact) mass is 418 g/mol. The quantitative estimate of drug-likeness (QED) is 0.605. The van der Waals surface area contributed by atoms with E-state index in [1.54, 1.807) is 38.1 Å². The summed E-state index contributed by atoms with van der Waals surface area (Å²) in [6, 6.07) is 11.8. The van der Waals surface area contributed by atoms with Crippen LogP contribution in [0.5, 0.6) is 11.5 Å². The van der Waals surface area contributed by atoms with E-state index in [-0.39, 0.29) is 11.3 Å². The standard InChI is InChI=1S/C22H21F3N2O3/c1-13-9-18(21(28)26-15-10-16(29-3)12-17(11-15)30-4)14(2)27(13)20-8-6-5-7-19(20)22(23,24)25/h5-12H,1-4H3,(H,26,28). The molecular weight excluding hydrogens is 397 g/mol. The van der Waals surface area contributed by atoms with Crippen molar-refractivity contribution in [3.8, 4) is 17.2 Å². The van der Waals surface area contributed by atoms with E-state index in [0.29, 0.717) is 28.6 Å². The Kier molecular flexibility index (Phi) is 5.78. The molecule has 0 aliphatic heterocycles. The molecule has 1 amide bonds. The van der Waals surface area contributed by atoms with Crippen LogP contribution in [0.25, 0.3) is 5.69 Å². The van der Waals surface area contributed by atoms with E-state index in [9.17, 15) is 18.0 Å². The Morgan fingerprint density at radius 2 is 1.57 bits per heavy atom. The summed E-state index contributed by atoms with van der Waals surface area (Å²) in [6.45, 7) is 3.27. The number of amides is 1. The first kappa shape index (κ1) is 21.3. The molecule has 1 heterocycles. The molecule has 0 radical (unpaired) electrons. The molecule has 5 nitrogen and oxygen atoms in total. The van der Waals surface area contributed by atoms with Gasteiger partial charge in [0, 0.05) is 35.3 Å². The second kappa shape index (κ2) is 8.14. The highest BCUT2D eigenvalue weighted by atomic mass is 19.4. The minimum atomic E-state index is -4.51. The second-order valence-corrected chi connectivity index (χ2v) is 6.69. The Balaban J connectivity index is 2.00. The highest BCUT2D eigenvalue weighted by Crippen LogP contribution is 2.35. The number of para-hydroxylation sites is 1. The molecule has 0 unspecified atom stereocenters. The average molecular weight is 418 g/mol. The van der Waals surface area contributed by atoms with Crippen LogP contribution in [0.15, 0.2) is 48.5 Å². The fraction of sp³-hybridized carbons (Fsp3) is 0.227. The van der Waals surface area contributed by atoms with Crippen LogP contribution in [-0.2, 0) is 6.18 Å². The number of benzene rings is 2. The van der Waals surface area contributed by atoms with Gasteiger partial charge in [0.25, 0.3) is 5.91 Å². The molecule has 30 heavy (non-hydrogen) atoms. The van der Waals surface area contributed by atoms with Crippen LogP contribution in [0.2, 0.25) is 0 Å². The number of ether oxygens (including phenoxy) is 2. The minimum absolute atomic E-state index is 0.0258. The Bertz CT molecular complexity index is 1070. The van der Waals surface area contributed by atoms with Gasteiger partial charge in [0.1, 0.15) is 11.5 Å². The zero-order valence-electron chi connectivity index (χ0n) is 16.9. The maximum atomic E-state index is 13.5. The van der Waals surface area contributed by atoms with Crippen molar-refractivity contribution in [1.82, 2.24) is 4.57 Å². The van der Waals surface area contributed by atoms with Crippen molar-refractivity contribution in [3.05, 3.63) is 71.0 Å². The Hall–Kier alpha value is -3.42. The molecule has 0 aliphatic rings. The van der Waals surface area contributed by atoms with Crippen molar-refractivity contribution in [2.24, 2.45) is 0 Å². The van der Waals surface area contributed by atoms with Gasteiger partial charge in [0.15, 0.2) is 0 Å². The number of hydrogen-bond acceptors (Lipinski definition) is 3. The topological polar surface area (TPSA) is 52.5 Å². The predicted octanol–water partition coefficient (Wildman–Crippen LogP) is 5.38. The number of anilines is 1. The summed E-state index contributed by atoms with van der Waals surface area (Å²) >= 11 is 0. The van der Waals surface area contributed by atoms with Crippen molar-refractivity contribution in [1.29, 1.82) is 0 Å². The van der Waals surface area contributed by atoms with E-state index >= 15 is 0 Å². The summed E-state index contributed by atoms with van der Waals surface area (Å²) < 4.78 is 52.2. The Morgan fingerprint density at radius 3 is 2.13 bits per heavy atom. The van der Waals surface area contributed by atoms with Crippen LogP contribution in [-0.4, -0.2) is 24.7 Å². The van der Waals surface area contributed by atoms with E-state index in [0.717, 1.165) is 6.07 Å². The summed E-state index contributed by atoms with van der Waals surface area (Å²) in [5, 5.41) is 2.75. The molecule has 0 bridgehead atoms. The van der Waals surface area contributed by atoms with Crippen molar-refractivity contribution < 1.29 is 27.4 Å². The second-order valence-electron chi connectivity index (χ2n) is 6.69. The van der Waals surface area contributed by atoms with Gasteiger partial charge < -0.3 is 19.4 Å². The number of halogens is 3. The van der Waals surface area contributed by atoms with E-state index in [4.69, 9.17) is 9.47 Å². The first-order valence-corrected chi connectivity index (χ1v) is 9.05. The molecule has 1 N–H and O–H groups in total. The normalized spacial score (nSPS) is 11.3. The summed E-state index contributed by atoms with van der Waals surface area (Å²) in [5.74, 6) is 0.539. The fourth-order valence-electron chi connectivity index (χ4n) is 3.35. The number of methoxy groups -OCH3 is 2. The SMILES string of the molecule is COc1cc(NC(=O)c2cc(C)n(-c3ccccc3C(F)(F)F)c2C)cc(OC)c1. The number of rotatable bonds is 5. The molecule has 3 rings (SSSR count). The van der Waals surface area contributed by atoms with Gasteiger partial charge >= 0.3 is 6.18 Å². The van der Waals surface area contributed by atoms with Crippen LogP contribution in [0.1, 0.15) is 27.3 Å². The van der Waals surface area contributed by atoms with Gasteiger partial charge in [0.2, 0.25) is 0 Å². The van der Waals surface area contributed by atoms with Gasteiger partial charge in [-0.3, -0.25) is 4.79 Å². The van der Waals surface area contributed by atoms with Crippen molar-refractivity contribution in [2.45, 2.75) is 20.0 Å². The summed E-state index contributed by atoms with van der Waals surface area (Å²) in [6.07, 6.45) is -4.51. The first-order valence-electron chi connectivity index (χ1n) is 9.05. The van der Waals surface area contributed by atoms with Gasteiger partial charge in [-0.15, -0.1) is 0 Å². The number of carbonyl (C=O) groups is 1. The van der Waals surface area contributed by atoms with E-state index in [1.807, 2.05) is 0 Å². The maximum absolute atomic E-state index is 13.5. The lowest BCUT2D eigenvalue weighted by atomic mass is 10.1. The van der Waals surface area contributed by atoms with Gasteiger partial charge in [-0.2, -0.15) is 13.2 Å². The highest BCUT2D eigenvalue weighted by Gasteiger charge is 2.34. The van der Waals surface area contributed by atoms with E-state index in [2.05, 4.69) is 5.32 Å². The van der Waals surface area contributed by atoms with Crippen LogP contribution in [0, 0.1) is 13.8 Å². The largest absolute Gasteiger partial charge is 0.497 e. The minimum Gasteiger partial charge on any atom is -0.497 e. The number of aryl methyl sites for hydroxylation is 1. The van der Waals surface area contributed by atoms with Crippen LogP contribution in [0.3, 0.4) is 0 Å². The Labute approximate surface area is 172 Å². The van der Waals surface area contributed by atoms with Gasteiger partial charge in [-0.25, -0.2) is 0 Å². The van der Waals surface area contributed by atoms with Crippen molar-refractivity contribution in [2.75, 3.05) is 19.5 Å². The van der Waals surface area contributed by atoms with Gasteiger partial charge in [0.05, 0.1) is 31.0 Å². The molecular formula is C22H21F3N2O3. The third kappa shape index (κ3) is 4.12. The molecule has 0 saturated heterocycles. The number of nitrogens with one attached hydrogen (secondary N) is 1. The zero-order valence-corrected chi connectivity index (χ0v) is 16.9. The molecule has 3 aromatic rings. The number of hydrogen-bond donors (Lipinski definition) is 1. The van der Waals surface area contributed by atoms with Gasteiger partial charge in [-0.05, 0) is 32.0 Å².